The Labute approximate surface area is 123 Å². The molecular formula is C16H30N2O2. The van der Waals surface area contributed by atoms with Crippen LogP contribution in [0, 0.1) is 11.8 Å². The maximum absolute atomic E-state index is 12.0. The molecule has 2 N–H and O–H groups in total. The van der Waals surface area contributed by atoms with Gasteiger partial charge in [0, 0.05) is 12.1 Å². The molecule has 4 heteroatoms. The highest BCUT2D eigenvalue weighted by Gasteiger charge is 2.36. The van der Waals surface area contributed by atoms with Crippen molar-refractivity contribution in [1.29, 1.82) is 0 Å². The third kappa shape index (κ3) is 3.73. The van der Waals surface area contributed by atoms with Gasteiger partial charge in [-0.1, -0.05) is 26.7 Å². The third-order valence-corrected chi connectivity index (χ3v) is 4.95. The van der Waals surface area contributed by atoms with Gasteiger partial charge in [-0.05, 0) is 44.1 Å². The molecule has 0 radical (unpaired) electrons. The van der Waals surface area contributed by atoms with E-state index in [-0.39, 0.29) is 17.9 Å². The predicted octanol–water partition coefficient (Wildman–Crippen LogP) is 2.08. The standard InChI is InChI=1S/C16H30N2O2/c1-11(2)15(16(19)20-3)18-14-8-5-4-7-12(14)13-9-6-10-17-13/h11-15,17-18H,4-10H2,1-3H3. The van der Waals surface area contributed by atoms with Gasteiger partial charge in [0.15, 0.2) is 0 Å². The van der Waals surface area contributed by atoms with Gasteiger partial charge in [-0.25, -0.2) is 0 Å². The summed E-state index contributed by atoms with van der Waals surface area (Å²) in [5.74, 6) is 0.808. The van der Waals surface area contributed by atoms with Crippen LogP contribution >= 0.6 is 0 Å². The molecule has 116 valence electrons. The highest BCUT2D eigenvalue weighted by atomic mass is 16.5. The molecule has 4 nitrogen and oxygen atoms in total. The van der Waals surface area contributed by atoms with Crippen molar-refractivity contribution in [3.8, 4) is 0 Å². The minimum Gasteiger partial charge on any atom is -0.468 e. The monoisotopic (exact) mass is 282 g/mol. The topological polar surface area (TPSA) is 50.4 Å². The molecule has 0 spiro atoms. The van der Waals surface area contributed by atoms with Crippen molar-refractivity contribution in [1.82, 2.24) is 10.6 Å². The second-order valence-corrected chi connectivity index (χ2v) is 6.67. The summed E-state index contributed by atoms with van der Waals surface area (Å²) in [4.78, 5) is 12.0. The summed E-state index contributed by atoms with van der Waals surface area (Å²) in [6, 6.07) is 0.913. The number of nitrogens with one attached hydrogen (secondary N) is 2. The van der Waals surface area contributed by atoms with Gasteiger partial charge >= 0.3 is 5.97 Å². The Morgan fingerprint density at radius 2 is 1.95 bits per heavy atom. The lowest BCUT2D eigenvalue weighted by molar-refractivity contribution is -0.144. The highest BCUT2D eigenvalue weighted by molar-refractivity contribution is 5.76. The van der Waals surface area contributed by atoms with Gasteiger partial charge in [0.25, 0.3) is 0 Å². The Bertz CT molecular complexity index is 314. The number of carbonyl (C=O) groups is 1. The number of hydrogen-bond acceptors (Lipinski definition) is 4. The predicted molar refractivity (Wildman–Crippen MR) is 80.5 cm³/mol. The molecular weight excluding hydrogens is 252 g/mol. The number of carbonyl (C=O) groups excluding carboxylic acids is 1. The van der Waals surface area contributed by atoms with E-state index in [1.807, 2.05) is 0 Å². The highest BCUT2D eigenvalue weighted by Crippen LogP contribution is 2.31. The summed E-state index contributed by atoms with van der Waals surface area (Å²) in [5.41, 5.74) is 0. The van der Waals surface area contributed by atoms with Crippen LogP contribution < -0.4 is 10.6 Å². The summed E-state index contributed by atoms with van der Waals surface area (Å²) in [7, 11) is 1.48. The molecule has 1 heterocycles. The molecule has 0 bridgehead atoms. The van der Waals surface area contributed by atoms with E-state index in [0.29, 0.717) is 18.0 Å². The third-order valence-electron chi connectivity index (χ3n) is 4.95. The van der Waals surface area contributed by atoms with Crippen LogP contribution in [0.2, 0.25) is 0 Å². The smallest absolute Gasteiger partial charge is 0.323 e. The lowest BCUT2D eigenvalue weighted by Gasteiger charge is -2.38. The summed E-state index contributed by atoms with van der Waals surface area (Å²) in [6.45, 7) is 5.32. The number of ether oxygens (including phenoxy) is 1. The molecule has 1 aliphatic heterocycles. The van der Waals surface area contributed by atoms with Gasteiger partial charge in [0.1, 0.15) is 6.04 Å². The molecule has 1 saturated carbocycles. The number of esters is 1. The first kappa shape index (κ1) is 15.8. The van der Waals surface area contributed by atoms with Crippen LogP contribution in [0.1, 0.15) is 52.4 Å². The fourth-order valence-electron chi connectivity index (χ4n) is 3.82. The van der Waals surface area contributed by atoms with E-state index < -0.39 is 0 Å². The second kappa shape index (κ2) is 7.41. The van der Waals surface area contributed by atoms with Gasteiger partial charge in [0.2, 0.25) is 0 Å². The van der Waals surface area contributed by atoms with Crippen molar-refractivity contribution in [3.63, 3.8) is 0 Å². The zero-order valence-corrected chi connectivity index (χ0v) is 13.2. The van der Waals surface area contributed by atoms with Crippen LogP contribution in [-0.2, 0) is 9.53 Å². The summed E-state index contributed by atoms with van der Waals surface area (Å²) < 4.78 is 4.96. The molecule has 1 saturated heterocycles. The van der Waals surface area contributed by atoms with Crippen molar-refractivity contribution >= 4 is 5.97 Å². The molecule has 2 fully saturated rings. The fourth-order valence-corrected chi connectivity index (χ4v) is 3.82. The van der Waals surface area contributed by atoms with Gasteiger partial charge < -0.3 is 15.4 Å². The van der Waals surface area contributed by atoms with E-state index in [0.717, 1.165) is 6.54 Å². The molecule has 0 amide bonds. The van der Waals surface area contributed by atoms with Crippen molar-refractivity contribution in [2.75, 3.05) is 13.7 Å². The molecule has 2 aliphatic rings. The van der Waals surface area contributed by atoms with Crippen LogP contribution in [0.15, 0.2) is 0 Å². The van der Waals surface area contributed by atoms with E-state index in [1.54, 1.807) is 0 Å². The van der Waals surface area contributed by atoms with Gasteiger partial charge in [-0.2, -0.15) is 0 Å². The zero-order chi connectivity index (χ0) is 14.5. The number of rotatable bonds is 5. The van der Waals surface area contributed by atoms with E-state index in [1.165, 1.54) is 45.6 Å². The van der Waals surface area contributed by atoms with Crippen LogP contribution in [0.3, 0.4) is 0 Å². The average Bonchev–Trinajstić information content (AvgIpc) is 2.98. The molecule has 0 aromatic rings. The molecule has 1 aliphatic carbocycles. The van der Waals surface area contributed by atoms with Crippen LogP contribution in [0.5, 0.6) is 0 Å². The summed E-state index contributed by atoms with van der Waals surface area (Å²) in [6.07, 6.45) is 7.63. The van der Waals surface area contributed by atoms with Crippen LogP contribution in [0.4, 0.5) is 0 Å². The van der Waals surface area contributed by atoms with E-state index in [2.05, 4.69) is 24.5 Å². The van der Waals surface area contributed by atoms with Crippen LogP contribution in [-0.4, -0.2) is 37.7 Å². The Balaban J connectivity index is 2.01. The van der Waals surface area contributed by atoms with Crippen molar-refractivity contribution < 1.29 is 9.53 Å². The van der Waals surface area contributed by atoms with Crippen LogP contribution in [0.25, 0.3) is 0 Å². The summed E-state index contributed by atoms with van der Waals surface area (Å²) in [5, 5.41) is 7.26. The lowest BCUT2D eigenvalue weighted by Crippen LogP contribution is -2.54. The van der Waals surface area contributed by atoms with Crippen molar-refractivity contribution in [2.24, 2.45) is 11.8 Å². The largest absolute Gasteiger partial charge is 0.468 e. The van der Waals surface area contributed by atoms with Crippen molar-refractivity contribution in [3.05, 3.63) is 0 Å². The van der Waals surface area contributed by atoms with Gasteiger partial charge in [-0.15, -0.1) is 0 Å². The van der Waals surface area contributed by atoms with E-state index in [9.17, 15) is 4.79 Å². The quantitative estimate of drug-likeness (QED) is 0.758. The SMILES string of the molecule is COC(=O)C(NC1CCCCC1C1CCCN1)C(C)C. The van der Waals surface area contributed by atoms with Gasteiger partial charge in [0.05, 0.1) is 7.11 Å². The first-order valence-electron chi connectivity index (χ1n) is 8.20. The second-order valence-electron chi connectivity index (χ2n) is 6.67. The Morgan fingerprint density at radius 1 is 1.20 bits per heavy atom. The molecule has 0 aromatic carbocycles. The van der Waals surface area contributed by atoms with Gasteiger partial charge in [-0.3, -0.25) is 4.79 Å². The Morgan fingerprint density at radius 3 is 2.55 bits per heavy atom. The Hall–Kier alpha value is -0.610. The number of hydrogen-bond donors (Lipinski definition) is 2. The van der Waals surface area contributed by atoms with E-state index in [4.69, 9.17) is 4.74 Å². The molecule has 20 heavy (non-hydrogen) atoms. The molecule has 0 aromatic heterocycles. The maximum atomic E-state index is 12.0. The van der Waals surface area contributed by atoms with E-state index >= 15 is 0 Å². The number of methoxy groups -OCH3 is 1. The average molecular weight is 282 g/mol. The first-order chi connectivity index (χ1) is 9.63. The first-order valence-corrected chi connectivity index (χ1v) is 8.20. The molecule has 2 rings (SSSR count). The summed E-state index contributed by atoms with van der Waals surface area (Å²) >= 11 is 0. The lowest BCUT2D eigenvalue weighted by atomic mass is 9.78. The maximum Gasteiger partial charge on any atom is 0.323 e. The molecule has 4 atom stereocenters. The zero-order valence-electron chi connectivity index (χ0n) is 13.2. The minimum absolute atomic E-state index is 0.122. The normalized spacial score (nSPS) is 32.3. The minimum atomic E-state index is -0.174. The molecule has 4 unspecified atom stereocenters. The van der Waals surface area contributed by atoms with Crippen molar-refractivity contribution in [2.45, 2.75) is 70.5 Å². The Kier molecular flexibility index (Phi) is 5.85. The fraction of sp³-hybridized carbons (Fsp3) is 0.938.